The van der Waals surface area contributed by atoms with Gasteiger partial charge in [0.1, 0.15) is 6.10 Å². The van der Waals surface area contributed by atoms with E-state index in [-0.39, 0.29) is 0 Å². The molecule has 1 heterocycles. The molecule has 0 aromatic rings. The molecule has 2 N–H and O–H groups in total. The zero-order valence-electron chi connectivity index (χ0n) is 11.1. The summed E-state index contributed by atoms with van der Waals surface area (Å²) in [6.07, 6.45) is -7.88. The van der Waals surface area contributed by atoms with Crippen LogP contribution in [-0.4, -0.2) is 65.9 Å². The molecule has 0 aromatic heterocycles. The standard InChI is InChI=1S/C11H16O9/c1-4(12)18-7-6(14)10(15)20-9(11(16)17-3)8(7)19-5(2)13/h6-10,14-15H,1-3H3/t6-,7-,8-,9+,10+/m1/s1. The molecule has 0 bridgehead atoms. The van der Waals surface area contributed by atoms with Crippen LogP contribution in [0.3, 0.4) is 0 Å². The van der Waals surface area contributed by atoms with Gasteiger partial charge in [0, 0.05) is 13.8 Å². The van der Waals surface area contributed by atoms with Crippen molar-refractivity contribution in [3.8, 4) is 0 Å². The Morgan fingerprint density at radius 1 is 1.00 bits per heavy atom. The number of hydrogen-bond donors (Lipinski definition) is 2. The molecule has 1 rings (SSSR count). The Bertz CT molecular complexity index is 393. The average molecular weight is 292 g/mol. The Labute approximate surface area is 114 Å². The monoisotopic (exact) mass is 292 g/mol. The third-order valence-electron chi connectivity index (χ3n) is 2.57. The first kappa shape index (κ1) is 16.3. The van der Waals surface area contributed by atoms with Gasteiger partial charge in [0.05, 0.1) is 7.11 Å². The van der Waals surface area contributed by atoms with Gasteiger partial charge in [-0.2, -0.15) is 0 Å². The number of aliphatic hydroxyl groups excluding tert-OH is 2. The molecular formula is C11H16O9. The zero-order valence-corrected chi connectivity index (χ0v) is 11.1. The Kier molecular flexibility index (Phi) is 5.43. The van der Waals surface area contributed by atoms with Crippen LogP contribution in [0.4, 0.5) is 0 Å². The number of carbonyl (C=O) groups is 3. The molecule has 0 saturated carbocycles. The van der Waals surface area contributed by atoms with E-state index >= 15 is 0 Å². The second-order valence-corrected chi connectivity index (χ2v) is 4.11. The maximum absolute atomic E-state index is 11.6. The van der Waals surface area contributed by atoms with Crippen molar-refractivity contribution in [1.82, 2.24) is 0 Å². The quantitative estimate of drug-likeness (QED) is 0.452. The van der Waals surface area contributed by atoms with Gasteiger partial charge in [0.2, 0.25) is 0 Å². The predicted molar refractivity (Wildman–Crippen MR) is 60.0 cm³/mol. The van der Waals surface area contributed by atoms with E-state index in [9.17, 15) is 24.6 Å². The van der Waals surface area contributed by atoms with Crippen LogP contribution in [0.5, 0.6) is 0 Å². The number of esters is 3. The maximum Gasteiger partial charge on any atom is 0.339 e. The highest BCUT2D eigenvalue weighted by molar-refractivity contribution is 5.77. The molecule has 1 aliphatic rings. The smallest absolute Gasteiger partial charge is 0.339 e. The average Bonchev–Trinajstić information content (AvgIpc) is 2.36. The van der Waals surface area contributed by atoms with Crippen molar-refractivity contribution in [3.05, 3.63) is 0 Å². The van der Waals surface area contributed by atoms with E-state index in [1.807, 2.05) is 0 Å². The van der Waals surface area contributed by atoms with E-state index in [0.29, 0.717) is 0 Å². The Morgan fingerprint density at radius 2 is 1.50 bits per heavy atom. The van der Waals surface area contributed by atoms with E-state index in [1.165, 1.54) is 0 Å². The van der Waals surface area contributed by atoms with Crippen LogP contribution in [0.1, 0.15) is 13.8 Å². The molecule has 114 valence electrons. The van der Waals surface area contributed by atoms with Crippen LogP contribution < -0.4 is 0 Å². The summed E-state index contributed by atoms with van der Waals surface area (Å²) in [5.41, 5.74) is 0. The minimum absolute atomic E-state index is 0.784. The molecule has 9 nitrogen and oxygen atoms in total. The first-order chi connectivity index (χ1) is 9.27. The van der Waals surface area contributed by atoms with Gasteiger partial charge >= 0.3 is 17.9 Å². The molecule has 1 aliphatic heterocycles. The topological polar surface area (TPSA) is 129 Å². The van der Waals surface area contributed by atoms with Crippen LogP contribution in [0.15, 0.2) is 0 Å². The van der Waals surface area contributed by atoms with Gasteiger partial charge in [0.15, 0.2) is 24.6 Å². The van der Waals surface area contributed by atoms with Gasteiger partial charge < -0.3 is 29.2 Å². The first-order valence-corrected chi connectivity index (χ1v) is 5.71. The van der Waals surface area contributed by atoms with Gasteiger partial charge in [-0.3, -0.25) is 9.59 Å². The van der Waals surface area contributed by atoms with Crippen LogP contribution in [0.25, 0.3) is 0 Å². The number of rotatable bonds is 3. The Morgan fingerprint density at radius 3 is 1.95 bits per heavy atom. The maximum atomic E-state index is 11.6. The van der Waals surface area contributed by atoms with Crippen molar-refractivity contribution in [1.29, 1.82) is 0 Å². The summed E-state index contributed by atoms with van der Waals surface area (Å²) in [5.74, 6) is -2.52. The summed E-state index contributed by atoms with van der Waals surface area (Å²) < 4.78 is 18.9. The van der Waals surface area contributed by atoms with E-state index in [1.54, 1.807) is 0 Å². The molecule has 0 spiro atoms. The largest absolute Gasteiger partial charge is 0.467 e. The molecule has 20 heavy (non-hydrogen) atoms. The lowest BCUT2D eigenvalue weighted by Gasteiger charge is -2.40. The van der Waals surface area contributed by atoms with E-state index < -0.39 is 48.6 Å². The van der Waals surface area contributed by atoms with Crippen LogP contribution >= 0.6 is 0 Å². The molecule has 5 atom stereocenters. The van der Waals surface area contributed by atoms with Crippen LogP contribution in [0, 0.1) is 0 Å². The fourth-order valence-corrected chi connectivity index (χ4v) is 1.79. The molecule has 0 amide bonds. The lowest BCUT2D eigenvalue weighted by molar-refractivity contribution is -0.286. The molecule has 9 heteroatoms. The van der Waals surface area contributed by atoms with E-state index in [2.05, 4.69) is 4.74 Å². The number of methoxy groups -OCH3 is 1. The molecule has 0 radical (unpaired) electrons. The summed E-state index contributed by atoms with van der Waals surface area (Å²) >= 11 is 0. The second kappa shape index (κ2) is 6.64. The number of aliphatic hydroxyl groups is 2. The normalized spacial score (nSPS) is 33.1. The fraction of sp³-hybridized carbons (Fsp3) is 0.727. The lowest BCUT2D eigenvalue weighted by atomic mass is 9.98. The molecule has 1 fully saturated rings. The van der Waals surface area contributed by atoms with Crippen molar-refractivity contribution < 1.29 is 43.5 Å². The van der Waals surface area contributed by atoms with Crippen LogP contribution in [-0.2, 0) is 33.3 Å². The fourth-order valence-electron chi connectivity index (χ4n) is 1.79. The van der Waals surface area contributed by atoms with E-state index in [4.69, 9.17) is 14.2 Å². The third kappa shape index (κ3) is 3.65. The molecule has 0 unspecified atom stereocenters. The van der Waals surface area contributed by atoms with Gasteiger partial charge in [-0.25, -0.2) is 4.79 Å². The second-order valence-electron chi connectivity index (χ2n) is 4.11. The summed E-state index contributed by atoms with van der Waals surface area (Å²) in [6, 6.07) is 0. The van der Waals surface area contributed by atoms with Gasteiger partial charge in [-0.1, -0.05) is 0 Å². The van der Waals surface area contributed by atoms with Gasteiger partial charge in [-0.15, -0.1) is 0 Å². The first-order valence-electron chi connectivity index (χ1n) is 5.71. The summed E-state index contributed by atoms with van der Waals surface area (Å²) in [5, 5.41) is 19.3. The highest BCUT2D eigenvalue weighted by Gasteiger charge is 2.52. The number of carbonyl (C=O) groups excluding carboxylic acids is 3. The van der Waals surface area contributed by atoms with Crippen molar-refractivity contribution >= 4 is 17.9 Å². The minimum atomic E-state index is -1.80. The third-order valence-corrected chi connectivity index (χ3v) is 2.57. The SMILES string of the molecule is COC(=O)[C@H]1O[C@H](O)[C@H](O)[C@@H](OC(C)=O)[C@H]1OC(C)=O. The van der Waals surface area contributed by atoms with E-state index in [0.717, 1.165) is 21.0 Å². The summed E-state index contributed by atoms with van der Waals surface area (Å²) in [6.45, 7) is 2.13. The number of hydrogen-bond acceptors (Lipinski definition) is 9. The van der Waals surface area contributed by atoms with Crippen molar-refractivity contribution in [3.63, 3.8) is 0 Å². The van der Waals surface area contributed by atoms with Gasteiger partial charge in [0.25, 0.3) is 0 Å². The van der Waals surface area contributed by atoms with Crippen molar-refractivity contribution in [2.24, 2.45) is 0 Å². The molecular weight excluding hydrogens is 276 g/mol. The Balaban J connectivity index is 3.07. The molecule has 0 aromatic carbocycles. The Hall–Kier alpha value is -1.71. The van der Waals surface area contributed by atoms with Gasteiger partial charge in [-0.05, 0) is 0 Å². The van der Waals surface area contributed by atoms with Crippen molar-refractivity contribution in [2.75, 3.05) is 7.11 Å². The number of ether oxygens (including phenoxy) is 4. The van der Waals surface area contributed by atoms with Crippen molar-refractivity contribution in [2.45, 2.75) is 44.6 Å². The summed E-state index contributed by atoms with van der Waals surface area (Å²) in [7, 11) is 1.06. The highest BCUT2D eigenvalue weighted by Crippen LogP contribution is 2.26. The minimum Gasteiger partial charge on any atom is -0.467 e. The molecule has 1 saturated heterocycles. The highest BCUT2D eigenvalue weighted by atomic mass is 16.7. The summed E-state index contributed by atoms with van der Waals surface area (Å²) in [4.78, 5) is 33.7. The predicted octanol–water partition coefficient (Wildman–Crippen LogP) is -1.90. The lowest BCUT2D eigenvalue weighted by Crippen LogP contribution is -2.62. The van der Waals surface area contributed by atoms with Crippen LogP contribution in [0.2, 0.25) is 0 Å². The molecule has 0 aliphatic carbocycles. The zero-order chi connectivity index (χ0) is 15.4.